The molecule has 1 N–H and O–H groups in total. The first-order valence-corrected chi connectivity index (χ1v) is 17.3. The number of hydrogen-bond acceptors (Lipinski definition) is 4. The second kappa shape index (κ2) is 12.5. The van der Waals surface area contributed by atoms with Gasteiger partial charge in [0, 0.05) is 31.3 Å². The van der Waals surface area contributed by atoms with Crippen molar-refractivity contribution in [2.24, 2.45) is 9.98 Å². The number of nitrogens with zero attached hydrogens (tertiary/aromatic N) is 2. The average molecular weight is 646 g/mol. The Morgan fingerprint density at radius 1 is 0.449 bits per heavy atom. The van der Waals surface area contributed by atoms with Gasteiger partial charge in [-0.25, -0.2) is 9.98 Å². The maximum Gasteiger partial charge on any atom is 0.159 e. The molecule has 0 amide bonds. The van der Waals surface area contributed by atoms with E-state index in [0.29, 0.717) is 0 Å². The Bertz CT molecular complexity index is 2510. The summed E-state index contributed by atoms with van der Waals surface area (Å²) in [5.41, 5.74) is 10.3. The summed E-state index contributed by atoms with van der Waals surface area (Å²) in [7, 11) is 0. The summed E-state index contributed by atoms with van der Waals surface area (Å²) in [6, 6.07) is 62.2. The highest BCUT2D eigenvalue weighted by molar-refractivity contribution is 7.26. The standard InChI is InChI=1S/C45H31N3S/c1-4-16-30(17-5-1)34-22-10-11-23-35(34)36-24-12-13-25-37(36)39-28-33(29-41-42(39)38-26-14-15-27-40(38)49-41)45-47-43(31-18-6-2-7-19-31)46-44(48-45)32-20-8-3-9-21-32/h1-29,43H,(H,46,47,48). The molecule has 0 bridgehead atoms. The van der Waals surface area contributed by atoms with Crippen molar-refractivity contribution in [1.82, 2.24) is 5.32 Å². The van der Waals surface area contributed by atoms with Crippen molar-refractivity contribution in [2.75, 3.05) is 0 Å². The summed E-state index contributed by atoms with van der Waals surface area (Å²) < 4.78 is 2.50. The zero-order chi connectivity index (χ0) is 32.6. The van der Waals surface area contributed by atoms with Crippen LogP contribution in [0.2, 0.25) is 0 Å². The van der Waals surface area contributed by atoms with E-state index < -0.39 is 0 Å². The maximum atomic E-state index is 5.19. The predicted molar refractivity (Wildman–Crippen MR) is 207 cm³/mol. The van der Waals surface area contributed by atoms with E-state index >= 15 is 0 Å². The molecule has 9 rings (SSSR count). The molecule has 4 heteroatoms. The number of nitrogens with one attached hydrogen (secondary N) is 1. The summed E-state index contributed by atoms with van der Waals surface area (Å²) in [5, 5.41) is 6.24. The molecular formula is C45H31N3S. The molecular weight excluding hydrogens is 615 g/mol. The second-order valence-electron chi connectivity index (χ2n) is 12.2. The summed E-state index contributed by atoms with van der Waals surface area (Å²) in [4.78, 5) is 10.3. The zero-order valence-electron chi connectivity index (χ0n) is 26.6. The van der Waals surface area contributed by atoms with E-state index in [9.17, 15) is 0 Å². The van der Waals surface area contributed by atoms with Crippen LogP contribution in [0, 0.1) is 0 Å². The maximum absolute atomic E-state index is 5.19. The van der Waals surface area contributed by atoms with Crippen LogP contribution in [0.3, 0.4) is 0 Å². The lowest BCUT2D eigenvalue weighted by Crippen LogP contribution is -2.33. The smallest absolute Gasteiger partial charge is 0.159 e. The fourth-order valence-electron chi connectivity index (χ4n) is 6.86. The summed E-state index contributed by atoms with van der Waals surface area (Å²) in [5.74, 6) is 1.53. The van der Waals surface area contributed by atoms with Crippen LogP contribution in [0.5, 0.6) is 0 Å². The summed E-state index contributed by atoms with van der Waals surface area (Å²) in [6.07, 6.45) is -0.268. The average Bonchev–Trinajstić information content (AvgIpc) is 3.57. The molecule has 0 aliphatic carbocycles. The van der Waals surface area contributed by atoms with Gasteiger partial charge in [0.2, 0.25) is 0 Å². The van der Waals surface area contributed by atoms with Crippen molar-refractivity contribution in [3.8, 4) is 33.4 Å². The number of benzene rings is 7. The van der Waals surface area contributed by atoms with E-state index in [1.54, 1.807) is 0 Å². The van der Waals surface area contributed by atoms with Crippen molar-refractivity contribution in [3.05, 3.63) is 193 Å². The van der Waals surface area contributed by atoms with Gasteiger partial charge < -0.3 is 5.32 Å². The molecule has 8 aromatic rings. The van der Waals surface area contributed by atoms with Gasteiger partial charge in [0.25, 0.3) is 0 Å². The molecule has 0 fully saturated rings. The first kappa shape index (κ1) is 29.1. The van der Waals surface area contributed by atoms with Gasteiger partial charge in [-0.05, 0) is 57.1 Å². The van der Waals surface area contributed by atoms with Gasteiger partial charge in [0.15, 0.2) is 5.84 Å². The van der Waals surface area contributed by atoms with Gasteiger partial charge in [-0.1, -0.05) is 158 Å². The number of fused-ring (bicyclic) bond motifs is 3. The van der Waals surface area contributed by atoms with E-state index in [0.717, 1.165) is 28.4 Å². The molecule has 0 spiro atoms. The van der Waals surface area contributed by atoms with Crippen LogP contribution in [0.25, 0.3) is 53.6 Å². The fourth-order valence-corrected chi connectivity index (χ4v) is 8.03. The number of hydrogen-bond donors (Lipinski definition) is 1. The largest absolute Gasteiger partial charge is 0.344 e. The van der Waals surface area contributed by atoms with Crippen LogP contribution in [0.15, 0.2) is 186 Å². The van der Waals surface area contributed by atoms with Gasteiger partial charge in [-0.15, -0.1) is 11.3 Å². The van der Waals surface area contributed by atoms with E-state index in [2.05, 4.69) is 157 Å². The first-order chi connectivity index (χ1) is 24.3. The van der Waals surface area contributed by atoms with Gasteiger partial charge in [0.05, 0.1) is 0 Å². The third-order valence-corrected chi connectivity index (χ3v) is 10.3. The van der Waals surface area contributed by atoms with Crippen LogP contribution in [-0.4, -0.2) is 11.7 Å². The molecule has 1 aromatic heterocycles. The lowest BCUT2D eigenvalue weighted by molar-refractivity contribution is 0.674. The topological polar surface area (TPSA) is 36.8 Å². The monoisotopic (exact) mass is 645 g/mol. The summed E-state index contributed by atoms with van der Waals surface area (Å²) >= 11 is 1.83. The molecule has 3 nitrogen and oxygen atoms in total. The van der Waals surface area contributed by atoms with Crippen LogP contribution in [0.1, 0.15) is 22.9 Å². The summed E-state index contributed by atoms with van der Waals surface area (Å²) in [6.45, 7) is 0. The second-order valence-corrected chi connectivity index (χ2v) is 13.3. The molecule has 0 saturated heterocycles. The lowest BCUT2D eigenvalue weighted by atomic mass is 9.87. The lowest BCUT2D eigenvalue weighted by Gasteiger charge is -2.24. The van der Waals surface area contributed by atoms with Gasteiger partial charge in [-0.3, -0.25) is 0 Å². The Kier molecular flexibility index (Phi) is 7.41. The molecule has 49 heavy (non-hydrogen) atoms. The Labute approximate surface area is 289 Å². The van der Waals surface area contributed by atoms with Gasteiger partial charge in [-0.2, -0.15) is 0 Å². The van der Waals surface area contributed by atoms with Crippen molar-refractivity contribution in [2.45, 2.75) is 6.17 Å². The molecule has 7 aromatic carbocycles. The van der Waals surface area contributed by atoms with Crippen molar-refractivity contribution < 1.29 is 0 Å². The number of thiophene rings is 1. The zero-order valence-corrected chi connectivity index (χ0v) is 27.4. The van der Waals surface area contributed by atoms with E-state index in [1.807, 2.05) is 35.6 Å². The van der Waals surface area contributed by atoms with Crippen LogP contribution in [0.4, 0.5) is 0 Å². The number of amidine groups is 2. The highest BCUT2D eigenvalue weighted by Gasteiger charge is 2.24. The molecule has 0 saturated carbocycles. The van der Waals surface area contributed by atoms with Crippen LogP contribution in [-0.2, 0) is 0 Å². The quantitative estimate of drug-likeness (QED) is 0.192. The third kappa shape index (κ3) is 5.42. The SMILES string of the molecule is c1ccc(C2=NC(c3ccccc3)NC(c3cc(-c4ccccc4-c4ccccc4-c4ccccc4)c4c(c3)sc3ccccc34)=N2)cc1. The van der Waals surface area contributed by atoms with Crippen LogP contribution >= 0.6 is 11.3 Å². The molecule has 1 atom stereocenters. The van der Waals surface area contributed by atoms with E-state index in [-0.39, 0.29) is 6.17 Å². The van der Waals surface area contributed by atoms with Gasteiger partial charge in [0.1, 0.15) is 12.0 Å². The fraction of sp³-hybridized carbons (Fsp3) is 0.0222. The predicted octanol–water partition coefficient (Wildman–Crippen LogP) is 11.6. The molecule has 1 aliphatic heterocycles. The number of aliphatic imine (C=N–C) groups is 2. The Morgan fingerprint density at radius 3 is 1.71 bits per heavy atom. The molecule has 232 valence electrons. The molecule has 0 radical (unpaired) electrons. The van der Waals surface area contributed by atoms with Gasteiger partial charge >= 0.3 is 0 Å². The van der Waals surface area contributed by atoms with E-state index in [1.165, 1.54) is 53.6 Å². The van der Waals surface area contributed by atoms with Crippen LogP contribution < -0.4 is 5.32 Å². The Balaban J connectivity index is 1.28. The Hall–Kier alpha value is -6.10. The minimum absolute atomic E-state index is 0.268. The minimum atomic E-state index is -0.268. The minimum Gasteiger partial charge on any atom is -0.344 e. The third-order valence-electron chi connectivity index (χ3n) is 9.16. The Morgan fingerprint density at radius 2 is 1.00 bits per heavy atom. The van der Waals surface area contributed by atoms with Crippen molar-refractivity contribution in [3.63, 3.8) is 0 Å². The van der Waals surface area contributed by atoms with Crippen molar-refractivity contribution >= 4 is 43.2 Å². The molecule has 2 heterocycles. The number of rotatable bonds is 6. The molecule has 1 aliphatic rings. The van der Waals surface area contributed by atoms with E-state index in [4.69, 9.17) is 9.98 Å². The first-order valence-electron chi connectivity index (χ1n) is 16.5. The van der Waals surface area contributed by atoms with Crippen molar-refractivity contribution in [1.29, 1.82) is 0 Å². The highest BCUT2D eigenvalue weighted by Crippen LogP contribution is 2.45. The molecule has 1 unspecified atom stereocenters. The normalized spacial score (nSPS) is 14.3. The highest BCUT2D eigenvalue weighted by atomic mass is 32.1.